The van der Waals surface area contributed by atoms with Crippen molar-refractivity contribution in [2.24, 2.45) is 0 Å². The Labute approximate surface area is 105 Å². The number of hydrogen-bond donors (Lipinski definition) is 0. The number of hydrogen-bond acceptors (Lipinski definition) is 3. The largest absolute Gasteiger partial charge is 0.469 e. The number of carbonyl (C=O) groups is 1. The van der Waals surface area contributed by atoms with Gasteiger partial charge in [-0.1, -0.05) is 18.1 Å². The van der Waals surface area contributed by atoms with Gasteiger partial charge in [0.25, 0.3) is 0 Å². The predicted octanol–water partition coefficient (Wildman–Crippen LogP) is 2.79. The van der Waals surface area contributed by atoms with Crippen LogP contribution < -0.4 is 0 Å². The second-order valence-electron chi connectivity index (χ2n) is 2.75. The van der Waals surface area contributed by atoms with Crippen molar-refractivity contribution < 1.29 is 9.53 Å². The maximum Gasteiger partial charge on any atom is 0.309 e. The van der Waals surface area contributed by atoms with Crippen LogP contribution in [0.1, 0.15) is 11.1 Å². The van der Waals surface area contributed by atoms with Crippen LogP contribution in [0.25, 0.3) is 0 Å². The van der Waals surface area contributed by atoms with E-state index in [0.29, 0.717) is 6.42 Å². The minimum atomic E-state index is -0.225. The molecule has 0 saturated carbocycles. The van der Waals surface area contributed by atoms with Crippen molar-refractivity contribution in [3.05, 3.63) is 35.4 Å². The number of benzene rings is 1. The molecule has 0 aromatic heterocycles. The van der Waals surface area contributed by atoms with Crippen molar-refractivity contribution in [2.75, 3.05) is 7.11 Å². The summed E-state index contributed by atoms with van der Waals surface area (Å²) < 4.78 is 4.58. The van der Waals surface area contributed by atoms with Crippen LogP contribution in [0.5, 0.6) is 0 Å². The molecule has 0 fully saturated rings. The molecule has 0 heterocycles. The molecule has 0 aliphatic heterocycles. The average Bonchev–Trinajstić information content (AvgIpc) is 2.28. The summed E-state index contributed by atoms with van der Waals surface area (Å²) in [5.74, 6) is 2.75. The number of rotatable bonds is 2. The first kappa shape index (κ1) is 12.4. The SMILES string of the molecule is COC(=O)Cc1ccc(C#CSI)cc1. The molecule has 0 unspecified atom stereocenters. The van der Waals surface area contributed by atoms with Crippen molar-refractivity contribution in [3.63, 3.8) is 0 Å². The van der Waals surface area contributed by atoms with Gasteiger partial charge in [0.15, 0.2) is 0 Å². The second kappa shape index (κ2) is 6.75. The molecule has 0 radical (unpaired) electrons. The van der Waals surface area contributed by atoms with E-state index in [2.05, 4.69) is 37.1 Å². The molecule has 0 aliphatic carbocycles. The number of esters is 1. The molecule has 0 amide bonds. The molecule has 0 bridgehead atoms. The van der Waals surface area contributed by atoms with Gasteiger partial charge in [0.2, 0.25) is 0 Å². The fraction of sp³-hybridized carbons (Fsp3) is 0.182. The zero-order valence-corrected chi connectivity index (χ0v) is 11.1. The van der Waals surface area contributed by atoms with Crippen molar-refractivity contribution >= 4 is 36.1 Å². The lowest BCUT2D eigenvalue weighted by Crippen LogP contribution is -2.04. The van der Waals surface area contributed by atoms with Crippen molar-refractivity contribution in [1.82, 2.24) is 0 Å². The number of ether oxygens (including phenoxy) is 1. The van der Waals surface area contributed by atoms with Crippen molar-refractivity contribution in [1.29, 1.82) is 0 Å². The number of halogens is 1. The van der Waals surface area contributed by atoms with Crippen molar-refractivity contribution in [2.45, 2.75) is 6.42 Å². The number of carbonyl (C=O) groups excluding carboxylic acids is 1. The summed E-state index contributed by atoms with van der Waals surface area (Å²) >= 11 is 2.12. The van der Waals surface area contributed by atoms with E-state index < -0.39 is 0 Å². The van der Waals surface area contributed by atoms with Crippen LogP contribution in [0.3, 0.4) is 0 Å². The van der Waals surface area contributed by atoms with Crippen LogP contribution in [0, 0.1) is 11.2 Å². The normalized spacial score (nSPS) is 8.93. The zero-order valence-electron chi connectivity index (χ0n) is 8.12. The highest BCUT2D eigenvalue weighted by Gasteiger charge is 2.01. The van der Waals surface area contributed by atoms with Crippen LogP contribution in [0.4, 0.5) is 0 Å². The Hall–Kier alpha value is -0.670. The fourth-order valence-corrected chi connectivity index (χ4v) is 1.51. The molecule has 78 valence electrons. The summed E-state index contributed by atoms with van der Waals surface area (Å²) in [6, 6.07) is 7.58. The average molecular weight is 332 g/mol. The first-order chi connectivity index (χ1) is 7.26. The maximum atomic E-state index is 11.0. The molecule has 0 N–H and O–H groups in total. The molecule has 0 atom stereocenters. The molecule has 0 spiro atoms. The van der Waals surface area contributed by atoms with Crippen LogP contribution >= 0.6 is 30.1 Å². The molecule has 0 saturated heterocycles. The molecule has 1 aromatic rings. The smallest absolute Gasteiger partial charge is 0.309 e. The summed E-state index contributed by atoms with van der Waals surface area (Å²) in [7, 11) is 2.84. The topological polar surface area (TPSA) is 26.3 Å². The predicted molar refractivity (Wildman–Crippen MR) is 70.7 cm³/mol. The molecule has 2 nitrogen and oxygen atoms in total. The van der Waals surface area contributed by atoms with E-state index in [1.54, 1.807) is 0 Å². The third kappa shape index (κ3) is 4.58. The summed E-state index contributed by atoms with van der Waals surface area (Å²) in [5, 5.41) is 2.90. The van der Waals surface area contributed by atoms with Gasteiger partial charge in [-0.25, -0.2) is 0 Å². The highest BCUT2D eigenvalue weighted by molar-refractivity contribution is 14.2. The zero-order chi connectivity index (χ0) is 11.1. The van der Waals surface area contributed by atoms with Crippen LogP contribution in [0.2, 0.25) is 0 Å². The first-order valence-electron chi connectivity index (χ1n) is 4.20. The van der Waals surface area contributed by atoms with Gasteiger partial charge in [0, 0.05) is 26.8 Å². The van der Waals surface area contributed by atoms with E-state index >= 15 is 0 Å². The van der Waals surface area contributed by atoms with Gasteiger partial charge in [-0.3, -0.25) is 4.79 Å². The van der Waals surface area contributed by atoms with E-state index in [1.807, 2.05) is 24.3 Å². The van der Waals surface area contributed by atoms with E-state index in [4.69, 9.17) is 0 Å². The highest BCUT2D eigenvalue weighted by atomic mass is 127. The van der Waals surface area contributed by atoms with E-state index in [1.165, 1.54) is 16.0 Å². The van der Waals surface area contributed by atoms with Crippen LogP contribution in [-0.2, 0) is 16.0 Å². The minimum absolute atomic E-state index is 0.225. The summed E-state index contributed by atoms with van der Waals surface area (Å²) in [4.78, 5) is 11.0. The van der Waals surface area contributed by atoms with Gasteiger partial charge in [-0.05, 0) is 31.9 Å². The van der Waals surface area contributed by atoms with Gasteiger partial charge < -0.3 is 4.74 Å². The molecular formula is C11H9IO2S. The van der Waals surface area contributed by atoms with Crippen LogP contribution in [-0.4, -0.2) is 13.1 Å². The third-order valence-electron chi connectivity index (χ3n) is 1.76. The Morgan fingerprint density at radius 2 is 2.13 bits per heavy atom. The highest BCUT2D eigenvalue weighted by Crippen LogP contribution is 2.09. The Kier molecular flexibility index (Phi) is 5.58. The molecule has 15 heavy (non-hydrogen) atoms. The second-order valence-corrected chi connectivity index (χ2v) is 4.43. The van der Waals surface area contributed by atoms with Gasteiger partial charge in [0.05, 0.1) is 13.5 Å². The summed E-state index contributed by atoms with van der Waals surface area (Å²) in [6.45, 7) is 0. The van der Waals surface area contributed by atoms with E-state index in [0.717, 1.165) is 11.1 Å². The fourth-order valence-electron chi connectivity index (χ4n) is 1.02. The summed E-state index contributed by atoms with van der Waals surface area (Å²) in [6.07, 6.45) is 0.311. The standard InChI is InChI=1S/C11H9IO2S/c1-14-11(13)8-10-4-2-9(3-5-10)6-7-15-12/h2-5H,8H2,1H3. The summed E-state index contributed by atoms with van der Waals surface area (Å²) in [5.41, 5.74) is 1.89. The molecule has 0 aliphatic rings. The van der Waals surface area contributed by atoms with Gasteiger partial charge in [-0.15, -0.1) is 0 Å². The Bertz CT molecular complexity index is 389. The van der Waals surface area contributed by atoms with Gasteiger partial charge in [-0.2, -0.15) is 0 Å². The Balaban J connectivity index is 2.68. The van der Waals surface area contributed by atoms with E-state index in [9.17, 15) is 4.79 Å². The lowest BCUT2D eigenvalue weighted by molar-refractivity contribution is -0.139. The van der Waals surface area contributed by atoms with Gasteiger partial charge >= 0.3 is 5.97 Å². The monoisotopic (exact) mass is 332 g/mol. The number of methoxy groups -OCH3 is 1. The lowest BCUT2D eigenvalue weighted by atomic mass is 10.1. The quantitative estimate of drug-likeness (QED) is 0.473. The molecular weight excluding hydrogens is 323 g/mol. The lowest BCUT2D eigenvalue weighted by Gasteiger charge is -1.99. The Morgan fingerprint density at radius 3 is 2.67 bits per heavy atom. The molecule has 1 rings (SSSR count). The van der Waals surface area contributed by atoms with Crippen molar-refractivity contribution in [3.8, 4) is 11.2 Å². The third-order valence-corrected chi connectivity index (χ3v) is 2.60. The van der Waals surface area contributed by atoms with Crippen LogP contribution in [0.15, 0.2) is 24.3 Å². The molecule has 1 aromatic carbocycles. The van der Waals surface area contributed by atoms with Gasteiger partial charge in [0.1, 0.15) is 0 Å². The minimum Gasteiger partial charge on any atom is -0.469 e. The Morgan fingerprint density at radius 1 is 1.47 bits per heavy atom. The maximum absolute atomic E-state index is 11.0. The van der Waals surface area contributed by atoms with E-state index in [-0.39, 0.29) is 5.97 Å². The molecule has 4 heteroatoms. The first-order valence-corrected chi connectivity index (χ1v) is 7.56.